The van der Waals surface area contributed by atoms with Gasteiger partial charge in [-0.05, 0) is 47.5 Å². The van der Waals surface area contributed by atoms with Crippen LogP contribution in [0.25, 0.3) is 0 Å². The van der Waals surface area contributed by atoms with Gasteiger partial charge in [0.1, 0.15) is 5.75 Å². The number of halogens is 1. The number of carbonyl (C=O) groups excluding carboxylic acids is 1. The summed E-state index contributed by atoms with van der Waals surface area (Å²) < 4.78 is 6.20. The normalized spacial score (nSPS) is 12.2. The fourth-order valence-corrected chi connectivity index (χ4v) is 2.33. The second-order valence-electron chi connectivity index (χ2n) is 4.13. The number of ketones is 1. The van der Waals surface area contributed by atoms with Crippen LogP contribution in [0.5, 0.6) is 5.75 Å². The molecule has 1 aromatic rings. The van der Waals surface area contributed by atoms with E-state index in [9.17, 15) is 4.79 Å². The molecule has 0 spiro atoms. The third-order valence-electron chi connectivity index (χ3n) is 2.69. The molecule has 0 N–H and O–H groups in total. The maximum Gasteiger partial charge on any atom is 0.166 e. The number of hydrogen-bond donors (Lipinski definition) is 0. The summed E-state index contributed by atoms with van der Waals surface area (Å²) >= 11 is 3.44. The van der Waals surface area contributed by atoms with E-state index in [0.29, 0.717) is 6.61 Å². The highest BCUT2D eigenvalue weighted by atomic mass is 79.9. The molecule has 3 heteroatoms. The predicted octanol–water partition coefficient (Wildman–Crippen LogP) is 4.47. The van der Waals surface area contributed by atoms with Crippen LogP contribution in [0.1, 0.15) is 44.0 Å². The first-order chi connectivity index (χ1) is 8.10. The summed E-state index contributed by atoms with van der Waals surface area (Å²) in [4.78, 5) is 12.2. The van der Waals surface area contributed by atoms with E-state index in [1.165, 1.54) is 0 Å². The molecule has 1 rings (SSSR count). The molecule has 2 nitrogen and oxygen atoms in total. The van der Waals surface area contributed by atoms with Gasteiger partial charge in [-0.25, -0.2) is 0 Å². The van der Waals surface area contributed by atoms with Crippen LogP contribution in [0.15, 0.2) is 22.7 Å². The van der Waals surface area contributed by atoms with Gasteiger partial charge in [-0.15, -0.1) is 0 Å². The van der Waals surface area contributed by atoms with E-state index in [1.807, 2.05) is 32.0 Å². The van der Waals surface area contributed by atoms with Crippen molar-refractivity contribution in [3.05, 3.63) is 28.2 Å². The molecule has 0 fully saturated rings. The van der Waals surface area contributed by atoms with Crippen LogP contribution in [0, 0.1) is 5.92 Å². The van der Waals surface area contributed by atoms with Gasteiger partial charge in [-0.2, -0.15) is 0 Å². The van der Waals surface area contributed by atoms with E-state index >= 15 is 0 Å². The van der Waals surface area contributed by atoms with Crippen LogP contribution in [-0.4, -0.2) is 12.4 Å². The molecule has 1 atom stereocenters. The Labute approximate surface area is 111 Å². The quantitative estimate of drug-likeness (QED) is 0.725. The lowest BCUT2D eigenvalue weighted by Gasteiger charge is -2.11. The van der Waals surface area contributed by atoms with Crippen molar-refractivity contribution in [3.63, 3.8) is 0 Å². The fourth-order valence-electron chi connectivity index (χ4n) is 1.78. The summed E-state index contributed by atoms with van der Waals surface area (Å²) in [6.45, 7) is 6.65. The molecule has 0 bridgehead atoms. The summed E-state index contributed by atoms with van der Waals surface area (Å²) in [5.74, 6) is 1.06. The molecule has 0 aliphatic carbocycles. The summed E-state index contributed by atoms with van der Waals surface area (Å²) in [6, 6.07) is 5.54. The molecule has 0 radical (unpaired) electrons. The van der Waals surface area contributed by atoms with Crippen LogP contribution in [0.2, 0.25) is 0 Å². The smallest absolute Gasteiger partial charge is 0.166 e. The van der Waals surface area contributed by atoms with Gasteiger partial charge in [-0.1, -0.05) is 20.3 Å². The zero-order valence-electron chi connectivity index (χ0n) is 10.6. The number of Topliss-reactive ketones (excluding diaryl/α,β-unsaturated/α-hetero) is 1. The minimum Gasteiger partial charge on any atom is -0.494 e. The van der Waals surface area contributed by atoms with Crippen molar-refractivity contribution in [2.75, 3.05) is 6.61 Å². The number of rotatable bonds is 6. The SMILES string of the molecule is CCCC(C)C(=O)c1ccc(OCC)cc1Br. The Morgan fingerprint density at radius 3 is 2.65 bits per heavy atom. The maximum absolute atomic E-state index is 12.2. The van der Waals surface area contributed by atoms with Crippen LogP contribution in [0.3, 0.4) is 0 Å². The first kappa shape index (κ1) is 14.2. The van der Waals surface area contributed by atoms with E-state index in [-0.39, 0.29) is 11.7 Å². The van der Waals surface area contributed by atoms with Crippen LogP contribution in [0.4, 0.5) is 0 Å². The molecular weight excluding hydrogens is 280 g/mol. The van der Waals surface area contributed by atoms with E-state index in [0.717, 1.165) is 28.6 Å². The number of ether oxygens (including phenoxy) is 1. The first-order valence-corrected chi connectivity index (χ1v) is 6.86. The lowest BCUT2D eigenvalue weighted by molar-refractivity contribution is 0.0923. The zero-order valence-corrected chi connectivity index (χ0v) is 12.2. The Morgan fingerprint density at radius 1 is 1.41 bits per heavy atom. The zero-order chi connectivity index (χ0) is 12.8. The third-order valence-corrected chi connectivity index (χ3v) is 3.34. The molecule has 0 aliphatic rings. The second-order valence-corrected chi connectivity index (χ2v) is 4.98. The van der Waals surface area contributed by atoms with Gasteiger partial charge < -0.3 is 4.74 Å². The van der Waals surface area contributed by atoms with Gasteiger partial charge in [0.25, 0.3) is 0 Å². The van der Waals surface area contributed by atoms with Crippen molar-refractivity contribution < 1.29 is 9.53 Å². The van der Waals surface area contributed by atoms with Crippen molar-refractivity contribution in [1.82, 2.24) is 0 Å². The second kappa shape index (κ2) is 6.80. The Hall–Kier alpha value is -0.830. The van der Waals surface area contributed by atoms with Gasteiger partial charge in [-0.3, -0.25) is 4.79 Å². The standard InChI is InChI=1S/C14H19BrO2/c1-4-6-10(3)14(16)12-8-7-11(17-5-2)9-13(12)15/h7-10H,4-6H2,1-3H3. The molecule has 94 valence electrons. The lowest BCUT2D eigenvalue weighted by Crippen LogP contribution is -2.11. The average Bonchev–Trinajstić information content (AvgIpc) is 2.29. The van der Waals surface area contributed by atoms with Crippen molar-refractivity contribution in [2.24, 2.45) is 5.92 Å². The Bertz CT molecular complexity index is 388. The molecule has 0 saturated heterocycles. The molecule has 0 heterocycles. The maximum atomic E-state index is 12.2. The van der Waals surface area contributed by atoms with E-state index in [4.69, 9.17) is 4.74 Å². The first-order valence-electron chi connectivity index (χ1n) is 6.06. The molecule has 0 aromatic heterocycles. The Morgan fingerprint density at radius 2 is 2.12 bits per heavy atom. The molecule has 1 aromatic carbocycles. The molecule has 17 heavy (non-hydrogen) atoms. The number of carbonyl (C=O) groups is 1. The monoisotopic (exact) mass is 298 g/mol. The fraction of sp³-hybridized carbons (Fsp3) is 0.500. The number of benzene rings is 1. The summed E-state index contributed by atoms with van der Waals surface area (Å²) in [5, 5.41) is 0. The van der Waals surface area contributed by atoms with Gasteiger partial charge in [0.15, 0.2) is 5.78 Å². The highest BCUT2D eigenvalue weighted by molar-refractivity contribution is 9.10. The summed E-state index contributed by atoms with van der Waals surface area (Å²) in [6.07, 6.45) is 1.96. The van der Waals surface area contributed by atoms with Crippen LogP contribution in [-0.2, 0) is 0 Å². The molecule has 0 saturated carbocycles. The minimum atomic E-state index is 0.0780. The molecule has 1 unspecified atom stereocenters. The molecule has 0 aliphatic heterocycles. The Kier molecular flexibility index (Phi) is 5.69. The third kappa shape index (κ3) is 3.84. The van der Waals surface area contributed by atoms with Gasteiger partial charge >= 0.3 is 0 Å². The number of hydrogen-bond acceptors (Lipinski definition) is 2. The summed E-state index contributed by atoms with van der Waals surface area (Å²) in [7, 11) is 0. The van der Waals surface area contributed by atoms with Crippen LogP contribution < -0.4 is 4.74 Å². The van der Waals surface area contributed by atoms with Crippen molar-refractivity contribution in [2.45, 2.75) is 33.6 Å². The Balaban J connectivity index is 2.88. The van der Waals surface area contributed by atoms with Gasteiger partial charge in [0, 0.05) is 16.0 Å². The van der Waals surface area contributed by atoms with Crippen molar-refractivity contribution >= 4 is 21.7 Å². The molecule has 0 amide bonds. The summed E-state index contributed by atoms with van der Waals surface area (Å²) in [5.41, 5.74) is 0.745. The van der Waals surface area contributed by atoms with E-state index in [2.05, 4.69) is 22.9 Å². The minimum absolute atomic E-state index is 0.0780. The van der Waals surface area contributed by atoms with Crippen molar-refractivity contribution in [3.8, 4) is 5.75 Å². The van der Waals surface area contributed by atoms with E-state index in [1.54, 1.807) is 0 Å². The highest BCUT2D eigenvalue weighted by Gasteiger charge is 2.17. The average molecular weight is 299 g/mol. The predicted molar refractivity (Wildman–Crippen MR) is 73.7 cm³/mol. The molecular formula is C14H19BrO2. The van der Waals surface area contributed by atoms with Crippen LogP contribution >= 0.6 is 15.9 Å². The highest BCUT2D eigenvalue weighted by Crippen LogP contribution is 2.26. The lowest BCUT2D eigenvalue weighted by atomic mass is 9.95. The topological polar surface area (TPSA) is 26.3 Å². The van der Waals surface area contributed by atoms with Crippen molar-refractivity contribution in [1.29, 1.82) is 0 Å². The van der Waals surface area contributed by atoms with E-state index < -0.39 is 0 Å². The van der Waals surface area contributed by atoms with Gasteiger partial charge in [0.05, 0.1) is 6.61 Å². The largest absolute Gasteiger partial charge is 0.494 e. The van der Waals surface area contributed by atoms with Gasteiger partial charge in [0.2, 0.25) is 0 Å².